The molecular weight excluding hydrogens is 354 g/mol. The van der Waals surface area contributed by atoms with Crippen molar-refractivity contribution in [2.45, 2.75) is 19.0 Å². The summed E-state index contributed by atoms with van der Waals surface area (Å²) in [6.07, 6.45) is 1.95. The normalized spacial score (nSPS) is 15.2. The maximum atomic E-state index is 12.8. The number of hydrogen-bond acceptors (Lipinski definition) is 4. The number of hydrogen-bond donors (Lipinski definition) is 1. The summed E-state index contributed by atoms with van der Waals surface area (Å²) in [5.41, 5.74) is 3.31. The predicted molar refractivity (Wildman–Crippen MR) is 106 cm³/mol. The van der Waals surface area contributed by atoms with Gasteiger partial charge in [0.05, 0.1) is 19.6 Å². The molecule has 0 spiro atoms. The van der Waals surface area contributed by atoms with Crippen LogP contribution in [0.2, 0.25) is 0 Å². The highest BCUT2D eigenvalue weighted by Gasteiger charge is 2.30. The van der Waals surface area contributed by atoms with Gasteiger partial charge in [-0.25, -0.2) is 0 Å². The van der Waals surface area contributed by atoms with E-state index < -0.39 is 0 Å². The minimum absolute atomic E-state index is 0.0325. The Bertz CT molecular complexity index is 1060. The molecular formula is C22H21N3O3. The van der Waals surface area contributed by atoms with Crippen molar-refractivity contribution in [3.05, 3.63) is 71.4 Å². The van der Waals surface area contributed by atoms with Gasteiger partial charge in [-0.3, -0.25) is 14.6 Å². The summed E-state index contributed by atoms with van der Waals surface area (Å²) in [7, 11) is 3.39. The molecule has 4 rings (SSSR count). The van der Waals surface area contributed by atoms with Gasteiger partial charge in [-0.05, 0) is 29.3 Å². The molecule has 0 fully saturated rings. The Labute approximate surface area is 163 Å². The topological polar surface area (TPSA) is 71.5 Å². The van der Waals surface area contributed by atoms with Crippen molar-refractivity contribution in [2.24, 2.45) is 0 Å². The van der Waals surface area contributed by atoms with E-state index in [4.69, 9.17) is 4.74 Å². The predicted octanol–water partition coefficient (Wildman–Crippen LogP) is 3.08. The van der Waals surface area contributed by atoms with Crippen LogP contribution in [0.3, 0.4) is 0 Å². The number of carbonyl (C=O) groups is 2. The summed E-state index contributed by atoms with van der Waals surface area (Å²) >= 11 is 0. The van der Waals surface area contributed by atoms with Crippen LogP contribution in [-0.2, 0) is 11.3 Å². The smallest absolute Gasteiger partial charge is 0.252 e. The average molecular weight is 375 g/mol. The van der Waals surface area contributed by atoms with Gasteiger partial charge >= 0.3 is 0 Å². The summed E-state index contributed by atoms with van der Waals surface area (Å²) in [6, 6.07) is 14.8. The number of benzene rings is 2. The fraction of sp³-hybridized carbons (Fsp3) is 0.227. The molecule has 0 saturated carbocycles. The van der Waals surface area contributed by atoms with Crippen molar-refractivity contribution in [3.8, 4) is 5.75 Å². The Morgan fingerprint density at radius 3 is 2.82 bits per heavy atom. The Morgan fingerprint density at radius 2 is 2.00 bits per heavy atom. The summed E-state index contributed by atoms with van der Waals surface area (Å²) in [6.45, 7) is 0.452. The first-order valence-electron chi connectivity index (χ1n) is 9.13. The molecule has 0 saturated heterocycles. The van der Waals surface area contributed by atoms with Crippen LogP contribution < -0.4 is 10.1 Å². The molecule has 2 amide bonds. The quantitative estimate of drug-likeness (QED) is 0.744. The van der Waals surface area contributed by atoms with E-state index in [0.717, 1.165) is 22.0 Å². The zero-order valence-electron chi connectivity index (χ0n) is 15.8. The second-order valence-corrected chi connectivity index (χ2v) is 6.89. The number of ether oxygens (including phenoxy) is 1. The van der Waals surface area contributed by atoms with E-state index in [0.29, 0.717) is 17.9 Å². The van der Waals surface area contributed by atoms with Crippen LogP contribution in [0.1, 0.15) is 33.9 Å². The summed E-state index contributed by atoms with van der Waals surface area (Å²) in [5, 5.41) is 3.86. The number of nitrogens with one attached hydrogen (secondary N) is 1. The third-order valence-electron chi connectivity index (χ3n) is 5.14. The molecule has 1 N–H and O–H groups in total. The second kappa shape index (κ2) is 7.31. The van der Waals surface area contributed by atoms with Crippen molar-refractivity contribution >= 4 is 22.7 Å². The highest BCUT2D eigenvalue weighted by molar-refractivity contribution is 5.99. The molecule has 28 heavy (non-hydrogen) atoms. The highest BCUT2D eigenvalue weighted by Crippen LogP contribution is 2.29. The van der Waals surface area contributed by atoms with Crippen molar-refractivity contribution in [1.82, 2.24) is 15.2 Å². The molecule has 3 aromatic rings. The third kappa shape index (κ3) is 3.17. The SMILES string of the molecule is COc1ccc(CN(C)C(=O)C[C@H]2NC(=O)c3ccccc32)c2cccnc12. The van der Waals surface area contributed by atoms with E-state index in [2.05, 4.69) is 10.3 Å². The van der Waals surface area contributed by atoms with Gasteiger partial charge in [0.25, 0.3) is 5.91 Å². The molecule has 1 aromatic heterocycles. The number of aromatic nitrogens is 1. The molecule has 0 radical (unpaired) electrons. The minimum atomic E-state index is -0.284. The second-order valence-electron chi connectivity index (χ2n) is 6.89. The van der Waals surface area contributed by atoms with Crippen LogP contribution in [-0.4, -0.2) is 35.9 Å². The largest absolute Gasteiger partial charge is 0.494 e. The molecule has 142 valence electrons. The Hall–Kier alpha value is -3.41. The van der Waals surface area contributed by atoms with Gasteiger partial charge in [0, 0.05) is 30.7 Å². The molecule has 2 aromatic carbocycles. The first-order chi connectivity index (χ1) is 13.6. The Morgan fingerprint density at radius 1 is 1.18 bits per heavy atom. The van der Waals surface area contributed by atoms with E-state index in [-0.39, 0.29) is 24.3 Å². The maximum absolute atomic E-state index is 12.8. The fourth-order valence-corrected chi connectivity index (χ4v) is 3.66. The lowest BCUT2D eigenvalue weighted by molar-refractivity contribution is -0.130. The molecule has 1 aliphatic rings. The lowest BCUT2D eigenvalue weighted by Crippen LogP contribution is -2.30. The van der Waals surface area contributed by atoms with E-state index >= 15 is 0 Å². The standard InChI is InChI=1S/C22H21N3O3/c1-25(13-14-9-10-19(28-2)21-15(14)8-5-11-23-21)20(26)12-18-16-6-3-4-7-17(16)22(27)24-18/h3-11,18H,12-13H2,1-2H3,(H,24,27)/t18-/m1/s1. The van der Waals surface area contributed by atoms with E-state index in [1.54, 1.807) is 31.3 Å². The van der Waals surface area contributed by atoms with E-state index in [9.17, 15) is 9.59 Å². The van der Waals surface area contributed by atoms with Crippen molar-refractivity contribution in [3.63, 3.8) is 0 Å². The molecule has 6 heteroatoms. The molecule has 0 aliphatic carbocycles. The van der Waals surface area contributed by atoms with Crippen LogP contribution in [0, 0.1) is 0 Å². The van der Waals surface area contributed by atoms with Gasteiger partial charge < -0.3 is 15.0 Å². The number of nitrogens with zero attached hydrogens (tertiary/aromatic N) is 2. The van der Waals surface area contributed by atoms with Crippen molar-refractivity contribution in [2.75, 3.05) is 14.2 Å². The van der Waals surface area contributed by atoms with Crippen LogP contribution in [0.15, 0.2) is 54.7 Å². The molecule has 6 nitrogen and oxygen atoms in total. The monoisotopic (exact) mass is 375 g/mol. The van der Waals surface area contributed by atoms with Crippen molar-refractivity contribution < 1.29 is 14.3 Å². The Kier molecular flexibility index (Phi) is 4.69. The molecule has 1 atom stereocenters. The third-order valence-corrected chi connectivity index (χ3v) is 5.14. The van der Waals surface area contributed by atoms with Gasteiger partial charge in [0.1, 0.15) is 11.3 Å². The summed E-state index contributed by atoms with van der Waals surface area (Å²) in [5.74, 6) is 0.553. The number of pyridine rings is 1. The lowest BCUT2D eigenvalue weighted by atomic mass is 10.0. The number of amides is 2. The van der Waals surface area contributed by atoms with Crippen LogP contribution in [0.4, 0.5) is 0 Å². The highest BCUT2D eigenvalue weighted by atomic mass is 16.5. The van der Waals surface area contributed by atoms with Gasteiger partial charge in [-0.2, -0.15) is 0 Å². The summed E-state index contributed by atoms with van der Waals surface area (Å²) in [4.78, 5) is 31.0. The first kappa shape index (κ1) is 18.0. The summed E-state index contributed by atoms with van der Waals surface area (Å²) < 4.78 is 5.38. The molecule has 1 aliphatic heterocycles. The van der Waals surface area contributed by atoms with Gasteiger partial charge in [0.2, 0.25) is 5.91 Å². The van der Waals surface area contributed by atoms with E-state index in [1.165, 1.54) is 0 Å². The van der Waals surface area contributed by atoms with Gasteiger partial charge in [-0.1, -0.05) is 30.3 Å². The number of carbonyl (C=O) groups excluding carboxylic acids is 2. The average Bonchev–Trinajstić information content (AvgIpc) is 3.04. The van der Waals surface area contributed by atoms with Crippen LogP contribution in [0.25, 0.3) is 10.9 Å². The van der Waals surface area contributed by atoms with Crippen LogP contribution >= 0.6 is 0 Å². The first-order valence-corrected chi connectivity index (χ1v) is 9.13. The molecule has 0 unspecified atom stereocenters. The number of rotatable bonds is 5. The number of fused-ring (bicyclic) bond motifs is 2. The lowest BCUT2D eigenvalue weighted by Gasteiger charge is -2.21. The maximum Gasteiger partial charge on any atom is 0.252 e. The van der Waals surface area contributed by atoms with Crippen molar-refractivity contribution in [1.29, 1.82) is 0 Å². The number of methoxy groups -OCH3 is 1. The molecule has 0 bridgehead atoms. The zero-order valence-corrected chi connectivity index (χ0v) is 15.8. The van der Waals surface area contributed by atoms with Crippen LogP contribution in [0.5, 0.6) is 5.75 Å². The zero-order chi connectivity index (χ0) is 19.7. The fourth-order valence-electron chi connectivity index (χ4n) is 3.66. The van der Waals surface area contributed by atoms with Gasteiger partial charge in [0.15, 0.2) is 0 Å². The van der Waals surface area contributed by atoms with Gasteiger partial charge in [-0.15, -0.1) is 0 Å². The van der Waals surface area contributed by atoms with E-state index in [1.807, 2.05) is 42.5 Å². The Balaban J connectivity index is 1.52. The molecule has 2 heterocycles. The minimum Gasteiger partial charge on any atom is -0.494 e.